The third kappa shape index (κ3) is 3.03. The van der Waals surface area contributed by atoms with Gasteiger partial charge in [-0.05, 0) is 35.7 Å². The highest BCUT2D eigenvalue weighted by Crippen LogP contribution is 2.31. The first-order valence-corrected chi connectivity index (χ1v) is 7.80. The molecule has 110 valence electrons. The summed E-state index contributed by atoms with van der Waals surface area (Å²) < 4.78 is 13.8. The summed E-state index contributed by atoms with van der Waals surface area (Å²) in [7, 11) is 0. The Kier molecular flexibility index (Phi) is 4.22. The fourth-order valence-electron chi connectivity index (χ4n) is 2.10. The van der Waals surface area contributed by atoms with Gasteiger partial charge < -0.3 is 5.32 Å². The molecule has 0 aliphatic heterocycles. The van der Waals surface area contributed by atoms with Crippen molar-refractivity contribution in [3.05, 3.63) is 76.4 Å². The maximum Gasteiger partial charge on any atom is 0.258 e. The van der Waals surface area contributed by atoms with Crippen molar-refractivity contribution in [2.24, 2.45) is 0 Å². The van der Waals surface area contributed by atoms with Gasteiger partial charge in [0.25, 0.3) is 5.91 Å². The van der Waals surface area contributed by atoms with E-state index in [-0.39, 0.29) is 10.6 Å². The molecule has 1 N–H and O–H groups in total. The van der Waals surface area contributed by atoms with Crippen molar-refractivity contribution in [3.63, 3.8) is 0 Å². The van der Waals surface area contributed by atoms with Crippen LogP contribution in [0.1, 0.15) is 10.4 Å². The average Bonchev–Trinajstić information content (AvgIpc) is 3.01. The van der Waals surface area contributed by atoms with Crippen LogP contribution in [0.25, 0.3) is 10.4 Å². The molecule has 0 radical (unpaired) electrons. The van der Waals surface area contributed by atoms with E-state index in [0.29, 0.717) is 5.69 Å². The summed E-state index contributed by atoms with van der Waals surface area (Å²) in [6, 6.07) is 15.3. The van der Waals surface area contributed by atoms with Gasteiger partial charge in [-0.1, -0.05) is 35.9 Å². The number of benzene rings is 2. The zero-order valence-electron chi connectivity index (χ0n) is 11.3. The molecular formula is C17H11ClFNOS. The average molecular weight is 332 g/mol. The Morgan fingerprint density at radius 1 is 1.09 bits per heavy atom. The van der Waals surface area contributed by atoms with Gasteiger partial charge in [0.05, 0.1) is 5.56 Å². The molecule has 0 bridgehead atoms. The summed E-state index contributed by atoms with van der Waals surface area (Å²) in [5.41, 5.74) is 1.51. The third-order valence-electron chi connectivity index (χ3n) is 3.14. The zero-order valence-corrected chi connectivity index (χ0v) is 12.9. The van der Waals surface area contributed by atoms with Crippen LogP contribution in [0.2, 0.25) is 5.02 Å². The number of hydrogen-bond acceptors (Lipinski definition) is 2. The van der Waals surface area contributed by atoms with Gasteiger partial charge in [-0.3, -0.25) is 4.79 Å². The normalized spacial score (nSPS) is 10.5. The highest BCUT2D eigenvalue weighted by atomic mass is 35.5. The summed E-state index contributed by atoms with van der Waals surface area (Å²) >= 11 is 7.28. The Labute approximate surface area is 136 Å². The number of amides is 1. The van der Waals surface area contributed by atoms with Gasteiger partial charge in [-0.2, -0.15) is 0 Å². The minimum atomic E-state index is -0.640. The second-order valence-corrected chi connectivity index (χ2v) is 5.99. The maximum absolute atomic E-state index is 13.8. The van der Waals surface area contributed by atoms with Crippen molar-refractivity contribution in [1.82, 2.24) is 0 Å². The quantitative estimate of drug-likeness (QED) is 0.678. The van der Waals surface area contributed by atoms with Crippen molar-refractivity contribution in [1.29, 1.82) is 0 Å². The van der Waals surface area contributed by atoms with Crippen LogP contribution in [0.4, 0.5) is 10.1 Å². The number of nitrogens with one attached hydrogen (secondary N) is 1. The molecular weight excluding hydrogens is 321 g/mol. The van der Waals surface area contributed by atoms with E-state index in [1.165, 1.54) is 12.1 Å². The van der Waals surface area contributed by atoms with E-state index < -0.39 is 11.7 Å². The number of rotatable bonds is 3. The summed E-state index contributed by atoms with van der Waals surface area (Å²) in [5, 5.41) is 4.98. The molecule has 2 aromatic carbocycles. The van der Waals surface area contributed by atoms with Gasteiger partial charge >= 0.3 is 0 Å². The molecule has 0 fully saturated rings. The first-order chi connectivity index (χ1) is 10.6. The number of anilines is 1. The number of carbonyl (C=O) groups is 1. The zero-order chi connectivity index (χ0) is 15.5. The highest BCUT2D eigenvalue weighted by Gasteiger charge is 2.14. The lowest BCUT2D eigenvalue weighted by atomic mass is 10.1. The first-order valence-electron chi connectivity index (χ1n) is 6.54. The van der Waals surface area contributed by atoms with Crippen molar-refractivity contribution in [2.75, 3.05) is 5.32 Å². The fourth-order valence-corrected chi connectivity index (χ4v) is 3.03. The minimum absolute atomic E-state index is 0.0367. The topological polar surface area (TPSA) is 29.1 Å². The third-order valence-corrected chi connectivity index (χ3v) is 4.28. The number of para-hydroxylation sites is 1. The van der Waals surface area contributed by atoms with Crippen LogP contribution < -0.4 is 5.32 Å². The Morgan fingerprint density at radius 3 is 2.64 bits per heavy atom. The summed E-state index contributed by atoms with van der Waals surface area (Å²) in [6.07, 6.45) is 0. The molecule has 0 unspecified atom stereocenters. The largest absolute Gasteiger partial charge is 0.321 e. The Balaban J connectivity index is 1.92. The highest BCUT2D eigenvalue weighted by molar-refractivity contribution is 7.13. The number of carbonyl (C=O) groups excluding carboxylic acids is 1. The van der Waals surface area contributed by atoms with Crippen LogP contribution in [0.5, 0.6) is 0 Å². The minimum Gasteiger partial charge on any atom is -0.321 e. The second kappa shape index (κ2) is 6.30. The van der Waals surface area contributed by atoms with Crippen molar-refractivity contribution in [3.8, 4) is 10.4 Å². The first kappa shape index (κ1) is 14.8. The maximum atomic E-state index is 13.8. The van der Waals surface area contributed by atoms with Crippen LogP contribution in [-0.4, -0.2) is 5.91 Å². The molecule has 3 aromatic rings. The lowest BCUT2D eigenvalue weighted by Gasteiger charge is -2.10. The molecule has 5 heteroatoms. The molecule has 0 atom stereocenters. The molecule has 0 saturated heterocycles. The monoisotopic (exact) mass is 331 g/mol. The molecule has 1 heterocycles. The smallest absolute Gasteiger partial charge is 0.258 e. The lowest BCUT2D eigenvalue weighted by Crippen LogP contribution is -2.14. The molecule has 1 amide bonds. The van der Waals surface area contributed by atoms with Crippen molar-refractivity contribution >= 4 is 34.5 Å². The SMILES string of the molecule is O=C(Nc1ccccc1-c1cccs1)c1ccc(Cl)cc1F. The van der Waals surface area contributed by atoms with E-state index in [1.54, 1.807) is 17.4 Å². The predicted molar refractivity (Wildman–Crippen MR) is 89.1 cm³/mol. The van der Waals surface area contributed by atoms with Crippen LogP contribution in [0, 0.1) is 5.82 Å². The molecule has 0 spiro atoms. The Morgan fingerprint density at radius 2 is 1.91 bits per heavy atom. The number of hydrogen-bond donors (Lipinski definition) is 1. The molecule has 0 aliphatic carbocycles. The standard InChI is InChI=1S/C17H11ClFNOS/c18-11-7-8-12(14(19)10-11)17(21)20-15-5-2-1-4-13(15)16-6-3-9-22-16/h1-10H,(H,20,21). The van der Waals surface area contributed by atoms with E-state index in [2.05, 4.69) is 5.32 Å². The van der Waals surface area contributed by atoms with E-state index in [4.69, 9.17) is 11.6 Å². The van der Waals surface area contributed by atoms with Gasteiger partial charge in [-0.15, -0.1) is 11.3 Å². The second-order valence-electron chi connectivity index (χ2n) is 4.60. The van der Waals surface area contributed by atoms with Gasteiger partial charge in [0.2, 0.25) is 0 Å². The van der Waals surface area contributed by atoms with Crippen LogP contribution in [-0.2, 0) is 0 Å². The summed E-state index contributed by atoms with van der Waals surface area (Å²) in [5.74, 6) is -1.14. The Hall–Kier alpha value is -2.17. The van der Waals surface area contributed by atoms with E-state index >= 15 is 0 Å². The number of thiophene rings is 1. The summed E-state index contributed by atoms with van der Waals surface area (Å²) in [4.78, 5) is 13.3. The molecule has 3 rings (SSSR count). The predicted octanol–water partition coefficient (Wildman–Crippen LogP) is 5.46. The van der Waals surface area contributed by atoms with Crippen LogP contribution >= 0.6 is 22.9 Å². The Bertz CT molecular complexity index is 817. The van der Waals surface area contributed by atoms with Gasteiger partial charge in [0, 0.05) is 21.2 Å². The van der Waals surface area contributed by atoms with Crippen molar-refractivity contribution in [2.45, 2.75) is 0 Å². The van der Waals surface area contributed by atoms with Crippen molar-refractivity contribution < 1.29 is 9.18 Å². The van der Waals surface area contributed by atoms with Gasteiger partial charge in [0.15, 0.2) is 0 Å². The molecule has 0 aliphatic rings. The van der Waals surface area contributed by atoms with Crippen LogP contribution in [0.3, 0.4) is 0 Å². The van der Waals surface area contributed by atoms with Gasteiger partial charge in [0.1, 0.15) is 5.82 Å². The van der Waals surface area contributed by atoms with Gasteiger partial charge in [-0.25, -0.2) is 4.39 Å². The molecule has 22 heavy (non-hydrogen) atoms. The molecule has 2 nitrogen and oxygen atoms in total. The summed E-state index contributed by atoms with van der Waals surface area (Å²) in [6.45, 7) is 0. The van der Waals surface area contributed by atoms with Crippen LogP contribution in [0.15, 0.2) is 60.0 Å². The van der Waals surface area contributed by atoms with E-state index in [1.807, 2.05) is 35.7 Å². The lowest BCUT2D eigenvalue weighted by molar-refractivity contribution is 0.102. The number of halogens is 2. The molecule has 1 aromatic heterocycles. The fraction of sp³-hybridized carbons (Fsp3) is 0. The molecule has 0 saturated carbocycles. The van der Waals surface area contributed by atoms with E-state index in [0.717, 1.165) is 16.5 Å². The van der Waals surface area contributed by atoms with E-state index in [9.17, 15) is 9.18 Å².